The Labute approximate surface area is 194 Å². The summed E-state index contributed by atoms with van der Waals surface area (Å²) in [6.07, 6.45) is 3.45. The van der Waals surface area contributed by atoms with Crippen molar-refractivity contribution in [3.05, 3.63) is 77.6 Å². The maximum atomic E-state index is 13.0. The van der Waals surface area contributed by atoms with Crippen LogP contribution in [0.2, 0.25) is 0 Å². The smallest absolute Gasteiger partial charge is 0.255 e. The van der Waals surface area contributed by atoms with E-state index in [0.717, 1.165) is 48.8 Å². The Morgan fingerprint density at radius 1 is 1.03 bits per heavy atom. The van der Waals surface area contributed by atoms with Gasteiger partial charge in [0.25, 0.3) is 5.91 Å². The van der Waals surface area contributed by atoms with E-state index in [1.54, 1.807) is 30.6 Å². The van der Waals surface area contributed by atoms with Gasteiger partial charge in [-0.05, 0) is 73.5 Å². The second kappa shape index (κ2) is 10.8. The van der Waals surface area contributed by atoms with Crippen molar-refractivity contribution in [2.45, 2.75) is 20.5 Å². The molecular formula is C26H29N3O4. The van der Waals surface area contributed by atoms with Crippen LogP contribution in [-0.4, -0.2) is 43.8 Å². The normalized spacial score (nSPS) is 13.5. The fourth-order valence-electron chi connectivity index (χ4n) is 3.68. The molecule has 1 N–H and O–H groups in total. The SMILES string of the molecule is CCOc1cc(C(=O)Nc2ccc(N3CCOCC3)cc2C)ccc1OCc1ccncc1. The molecule has 4 rings (SSSR count). The monoisotopic (exact) mass is 447 g/mol. The van der Waals surface area contributed by atoms with Crippen molar-refractivity contribution in [2.75, 3.05) is 43.1 Å². The molecule has 1 saturated heterocycles. The lowest BCUT2D eigenvalue weighted by Crippen LogP contribution is -2.36. The summed E-state index contributed by atoms with van der Waals surface area (Å²) >= 11 is 0. The van der Waals surface area contributed by atoms with Gasteiger partial charge in [-0.1, -0.05) is 0 Å². The van der Waals surface area contributed by atoms with Crippen LogP contribution in [0.1, 0.15) is 28.4 Å². The highest BCUT2D eigenvalue weighted by molar-refractivity contribution is 6.05. The summed E-state index contributed by atoms with van der Waals surface area (Å²) in [7, 11) is 0. The van der Waals surface area contributed by atoms with Crippen molar-refractivity contribution >= 4 is 17.3 Å². The zero-order valence-electron chi connectivity index (χ0n) is 19.0. The van der Waals surface area contributed by atoms with Crippen molar-refractivity contribution in [2.24, 2.45) is 0 Å². The molecule has 0 radical (unpaired) electrons. The number of nitrogens with zero attached hydrogens (tertiary/aromatic N) is 2. The summed E-state index contributed by atoms with van der Waals surface area (Å²) in [6, 6.07) is 15.1. The minimum Gasteiger partial charge on any atom is -0.490 e. The molecule has 7 nitrogen and oxygen atoms in total. The second-order valence-electron chi connectivity index (χ2n) is 7.79. The summed E-state index contributed by atoms with van der Waals surface area (Å²) in [5, 5.41) is 3.02. The van der Waals surface area contributed by atoms with Gasteiger partial charge in [-0.15, -0.1) is 0 Å². The molecule has 0 atom stereocenters. The van der Waals surface area contributed by atoms with Crippen LogP contribution in [0.25, 0.3) is 0 Å². The van der Waals surface area contributed by atoms with E-state index in [2.05, 4.69) is 21.3 Å². The third-order valence-corrected chi connectivity index (χ3v) is 5.48. The van der Waals surface area contributed by atoms with Gasteiger partial charge >= 0.3 is 0 Å². The molecule has 1 aliphatic heterocycles. The van der Waals surface area contributed by atoms with E-state index in [0.29, 0.717) is 30.3 Å². The minimum absolute atomic E-state index is 0.196. The number of pyridine rings is 1. The van der Waals surface area contributed by atoms with Crippen molar-refractivity contribution in [3.8, 4) is 11.5 Å². The van der Waals surface area contributed by atoms with Crippen LogP contribution in [0.15, 0.2) is 60.9 Å². The average molecular weight is 448 g/mol. The number of amides is 1. The molecule has 172 valence electrons. The van der Waals surface area contributed by atoms with E-state index < -0.39 is 0 Å². The highest BCUT2D eigenvalue weighted by atomic mass is 16.5. The van der Waals surface area contributed by atoms with Crippen LogP contribution in [0.4, 0.5) is 11.4 Å². The molecule has 1 amide bonds. The number of hydrogen-bond donors (Lipinski definition) is 1. The van der Waals surface area contributed by atoms with Crippen molar-refractivity contribution in [1.82, 2.24) is 4.98 Å². The third kappa shape index (κ3) is 5.81. The Kier molecular flexibility index (Phi) is 7.42. The fraction of sp³-hybridized carbons (Fsp3) is 0.308. The standard InChI is InChI=1S/C26H29N3O4/c1-3-32-25-17-21(4-7-24(25)33-18-20-8-10-27-11-9-20)26(30)28-23-6-5-22(16-19(23)2)29-12-14-31-15-13-29/h4-11,16-17H,3,12-15,18H2,1-2H3,(H,28,30). The first kappa shape index (κ1) is 22.6. The summed E-state index contributed by atoms with van der Waals surface area (Å²) in [5.74, 6) is 0.939. The molecule has 7 heteroatoms. The lowest BCUT2D eigenvalue weighted by atomic mass is 10.1. The highest BCUT2D eigenvalue weighted by Gasteiger charge is 2.15. The Bertz CT molecular complexity index is 1080. The number of hydrogen-bond acceptors (Lipinski definition) is 6. The number of carbonyl (C=O) groups is 1. The molecular weight excluding hydrogens is 418 g/mol. The van der Waals surface area contributed by atoms with Crippen molar-refractivity contribution < 1.29 is 19.0 Å². The zero-order valence-corrected chi connectivity index (χ0v) is 19.0. The van der Waals surface area contributed by atoms with Crippen LogP contribution in [0, 0.1) is 6.92 Å². The number of carbonyl (C=O) groups excluding carboxylic acids is 1. The predicted octanol–water partition coefficient (Wildman–Crippen LogP) is 4.46. The first-order chi connectivity index (χ1) is 16.1. The van der Waals surface area contributed by atoms with Gasteiger partial charge in [-0.25, -0.2) is 0 Å². The third-order valence-electron chi connectivity index (χ3n) is 5.48. The summed E-state index contributed by atoms with van der Waals surface area (Å²) in [4.78, 5) is 19.3. The summed E-state index contributed by atoms with van der Waals surface area (Å²) in [5.41, 5.74) is 4.45. The quantitative estimate of drug-likeness (QED) is 0.550. The molecule has 0 bridgehead atoms. The number of aromatic nitrogens is 1. The van der Waals surface area contributed by atoms with E-state index >= 15 is 0 Å². The minimum atomic E-state index is -0.196. The first-order valence-electron chi connectivity index (χ1n) is 11.2. The molecule has 33 heavy (non-hydrogen) atoms. The molecule has 1 fully saturated rings. The number of nitrogens with one attached hydrogen (secondary N) is 1. The molecule has 2 heterocycles. The lowest BCUT2D eigenvalue weighted by Gasteiger charge is -2.29. The molecule has 0 saturated carbocycles. The van der Waals surface area contributed by atoms with E-state index in [1.165, 1.54) is 0 Å². The van der Waals surface area contributed by atoms with Gasteiger partial charge in [0.05, 0.1) is 19.8 Å². The Morgan fingerprint density at radius 2 is 1.82 bits per heavy atom. The van der Waals surface area contributed by atoms with E-state index in [4.69, 9.17) is 14.2 Å². The molecule has 0 unspecified atom stereocenters. The van der Waals surface area contributed by atoms with Crippen LogP contribution < -0.4 is 19.7 Å². The maximum absolute atomic E-state index is 13.0. The van der Waals surface area contributed by atoms with Gasteiger partial charge in [0, 0.05) is 42.4 Å². The second-order valence-corrected chi connectivity index (χ2v) is 7.79. The maximum Gasteiger partial charge on any atom is 0.255 e. The summed E-state index contributed by atoms with van der Waals surface area (Å²) in [6.45, 7) is 7.99. The van der Waals surface area contributed by atoms with Gasteiger partial charge in [0.2, 0.25) is 0 Å². The molecule has 0 spiro atoms. The first-order valence-corrected chi connectivity index (χ1v) is 11.2. The Balaban J connectivity index is 1.45. The highest BCUT2D eigenvalue weighted by Crippen LogP contribution is 2.30. The van der Waals surface area contributed by atoms with Crippen molar-refractivity contribution in [1.29, 1.82) is 0 Å². The van der Waals surface area contributed by atoms with Crippen molar-refractivity contribution in [3.63, 3.8) is 0 Å². The van der Waals surface area contributed by atoms with Crippen LogP contribution in [0.3, 0.4) is 0 Å². The number of morpholine rings is 1. The Hall–Kier alpha value is -3.58. The van der Waals surface area contributed by atoms with Crippen LogP contribution in [0.5, 0.6) is 11.5 Å². The molecule has 0 aliphatic carbocycles. The number of aryl methyl sites for hydroxylation is 1. The zero-order chi connectivity index (χ0) is 23.0. The molecule has 3 aromatic rings. The van der Waals surface area contributed by atoms with Gasteiger partial charge in [0.1, 0.15) is 6.61 Å². The van der Waals surface area contributed by atoms with Crippen LogP contribution in [-0.2, 0) is 11.3 Å². The lowest BCUT2D eigenvalue weighted by molar-refractivity contribution is 0.102. The number of rotatable bonds is 8. The topological polar surface area (TPSA) is 72.9 Å². The van der Waals surface area contributed by atoms with Gasteiger partial charge in [-0.3, -0.25) is 9.78 Å². The van der Waals surface area contributed by atoms with E-state index in [9.17, 15) is 4.79 Å². The number of anilines is 2. The predicted molar refractivity (Wildman–Crippen MR) is 128 cm³/mol. The molecule has 1 aromatic heterocycles. The van der Waals surface area contributed by atoms with Gasteiger partial charge in [0.15, 0.2) is 11.5 Å². The molecule has 2 aromatic carbocycles. The number of benzene rings is 2. The van der Waals surface area contributed by atoms with E-state index in [-0.39, 0.29) is 5.91 Å². The summed E-state index contributed by atoms with van der Waals surface area (Å²) < 4.78 is 17.1. The van der Waals surface area contributed by atoms with Gasteiger partial charge in [-0.2, -0.15) is 0 Å². The Morgan fingerprint density at radius 3 is 2.55 bits per heavy atom. The average Bonchev–Trinajstić information content (AvgIpc) is 2.85. The largest absolute Gasteiger partial charge is 0.490 e. The van der Waals surface area contributed by atoms with Crippen LogP contribution >= 0.6 is 0 Å². The van der Waals surface area contributed by atoms with E-state index in [1.807, 2.05) is 38.1 Å². The fourth-order valence-corrected chi connectivity index (χ4v) is 3.68. The van der Waals surface area contributed by atoms with Gasteiger partial charge < -0.3 is 24.4 Å². The molecule has 1 aliphatic rings. The number of ether oxygens (including phenoxy) is 3.